The molecule has 0 aromatic carbocycles. The summed E-state index contributed by atoms with van der Waals surface area (Å²) in [6, 6.07) is 0.773. The molecule has 0 aliphatic heterocycles. The van der Waals surface area contributed by atoms with Crippen molar-refractivity contribution < 1.29 is 19.2 Å². The predicted octanol–water partition coefficient (Wildman–Crippen LogP) is 1.43. The van der Waals surface area contributed by atoms with Crippen molar-refractivity contribution in [2.24, 2.45) is 5.92 Å². The average molecular weight is 289 g/mol. The van der Waals surface area contributed by atoms with E-state index in [1.54, 1.807) is 19.9 Å². The number of carbonyl (C=O) groups excluding carboxylic acids is 1. The Kier molecular flexibility index (Phi) is 3.12. The molecule has 0 saturated heterocycles. The van der Waals surface area contributed by atoms with E-state index in [2.05, 4.69) is 15.5 Å². The van der Waals surface area contributed by atoms with Gasteiger partial charge in [-0.1, -0.05) is 5.16 Å². The van der Waals surface area contributed by atoms with Crippen molar-refractivity contribution in [2.75, 3.05) is 0 Å². The molecule has 0 radical (unpaired) electrons. The van der Waals surface area contributed by atoms with Gasteiger partial charge in [0.1, 0.15) is 6.04 Å². The molecule has 2 aromatic rings. The Balaban J connectivity index is 1.97. The molecule has 21 heavy (non-hydrogen) atoms. The molecule has 110 valence electrons. The molecule has 1 aliphatic carbocycles. The summed E-state index contributed by atoms with van der Waals surface area (Å²) in [5.41, 5.74) is 1.81. The Labute approximate surface area is 120 Å². The third-order valence-corrected chi connectivity index (χ3v) is 3.64. The van der Waals surface area contributed by atoms with Crippen LogP contribution in [-0.2, 0) is 4.79 Å². The number of carbonyl (C=O) groups is 2. The van der Waals surface area contributed by atoms with Gasteiger partial charge in [-0.2, -0.15) is 0 Å². The molecule has 7 heteroatoms. The lowest BCUT2D eigenvalue weighted by atomic mass is 10.1. The van der Waals surface area contributed by atoms with Crippen molar-refractivity contribution in [1.82, 2.24) is 15.5 Å². The minimum Gasteiger partial charge on any atom is -0.480 e. The van der Waals surface area contributed by atoms with Gasteiger partial charge in [-0.25, -0.2) is 9.78 Å². The number of aliphatic carboxylic acids is 1. The number of aryl methyl sites for hydroxylation is 2. The van der Waals surface area contributed by atoms with Crippen LogP contribution in [0.3, 0.4) is 0 Å². The van der Waals surface area contributed by atoms with Crippen molar-refractivity contribution in [1.29, 1.82) is 0 Å². The minimum atomic E-state index is -1.00. The third-order valence-electron chi connectivity index (χ3n) is 3.64. The number of rotatable bonds is 4. The van der Waals surface area contributed by atoms with E-state index in [0.717, 1.165) is 12.8 Å². The largest absolute Gasteiger partial charge is 0.480 e. The summed E-state index contributed by atoms with van der Waals surface area (Å²) in [7, 11) is 0. The molecular weight excluding hydrogens is 274 g/mol. The minimum absolute atomic E-state index is 0.0217. The highest BCUT2D eigenvalue weighted by Gasteiger charge is 2.37. The number of hydrogen-bond donors (Lipinski definition) is 2. The van der Waals surface area contributed by atoms with Crippen molar-refractivity contribution in [3.63, 3.8) is 0 Å². The zero-order chi connectivity index (χ0) is 15.1. The summed E-state index contributed by atoms with van der Waals surface area (Å²) < 4.78 is 5.08. The Morgan fingerprint density at radius 2 is 2.14 bits per heavy atom. The van der Waals surface area contributed by atoms with E-state index in [0.29, 0.717) is 22.3 Å². The zero-order valence-corrected chi connectivity index (χ0v) is 11.7. The lowest BCUT2D eigenvalue weighted by molar-refractivity contribution is -0.139. The standard InChI is InChI=1S/C14H15N3O4/c1-6-5-9(10-7(2)17-21-13(10)15-6)12(18)16-11(14(19)20)8-3-4-8/h5,8,11H,3-4H2,1-2H3,(H,16,18)(H,19,20). The summed E-state index contributed by atoms with van der Waals surface area (Å²) in [5, 5.41) is 16.1. The van der Waals surface area contributed by atoms with Crippen LogP contribution in [0.15, 0.2) is 10.6 Å². The van der Waals surface area contributed by atoms with E-state index < -0.39 is 17.9 Å². The van der Waals surface area contributed by atoms with E-state index in [4.69, 9.17) is 4.52 Å². The van der Waals surface area contributed by atoms with Crippen molar-refractivity contribution in [3.8, 4) is 0 Å². The van der Waals surface area contributed by atoms with Gasteiger partial charge >= 0.3 is 5.97 Å². The Morgan fingerprint density at radius 3 is 2.76 bits per heavy atom. The van der Waals surface area contributed by atoms with E-state index in [-0.39, 0.29) is 11.6 Å². The zero-order valence-electron chi connectivity index (χ0n) is 11.7. The highest BCUT2D eigenvalue weighted by atomic mass is 16.5. The van der Waals surface area contributed by atoms with Crippen molar-refractivity contribution >= 4 is 23.0 Å². The van der Waals surface area contributed by atoms with Crippen LogP contribution in [0.1, 0.15) is 34.6 Å². The van der Waals surface area contributed by atoms with Gasteiger partial charge in [-0.05, 0) is 38.7 Å². The number of carboxylic acids is 1. The first kappa shape index (κ1) is 13.5. The van der Waals surface area contributed by atoms with E-state index in [1.165, 1.54) is 0 Å². The van der Waals surface area contributed by atoms with Crippen LogP contribution < -0.4 is 5.32 Å². The number of hydrogen-bond acceptors (Lipinski definition) is 5. The highest BCUT2D eigenvalue weighted by molar-refractivity contribution is 6.07. The number of nitrogens with one attached hydrogen (secondary N) is 1. The number of aromatic nitrogens is 2. The summed E-state index contributed by atoms with van der Waals surface area (Å²) in [5.74, 6) is -1.42. The van der Waals surface area contributed by atoms with Crippen LogP contribution in [0.25, 0.3) is 11.1 Å². The predicted molar refractivity (Wildman–Crippen MR) is 72.9 cm³/mol. The molecule has 1 saturated carbocycles. The molecule has 1 unspecified atom stereocenters. The van der Waals surface area contributed by atoms with Crippen molar-refractivity contribution in [3.05, 3.63) is 23.0 Å². The normalized spacial score (nSPS) is 15.9. The maximum atomic E-state index is 12.4. The summed E-state index contributed by atoms with van der Waals surface area (Å²) in [6.07, 6.45) is 1.66. The first-order valence-electron chi connectivity index (χ1n) is 6.74. The van der Waals surface area contributed by atoms with E-state index >= 15 is 0 Å². The third kappa shape index (κ3) is 2.46. The SMILES string of the molecule is Cc1cc(C(=O)NC(C(=O)O)C2CC2)c2c(C)noc2n1. The summed E-state index contributed by atoms with van der Waals surface area (Å²) in [6.45, 7) is 3.46. The number of amides is 1. The van der Waals surface area contributed by atoms with Gasteiger partial charge in [-0.15, -0.1) is 0 Å². The molecule has 1 aliphatic rings. The van der Waals surface area contributed by atoms with Gasteiger partial charge in [-0.3, -0.25) is 4.79 Å². The van der Waals surface area contributed by atoms with Gasteiger partial charge < -0.3 is 14.9 Å². The smallest absolute Gasteiger partial charge is 0.326 e. The van der Waals surface area contributed by atoms with Gasteiger partial charge in [0.05, 0.1) is 16.6 Å². The van der Waals surface area contributed by atoms with Crippen LogP contribution in [0, 0.1) is 19.8 Å². The molecule has 0 spiro atoms. The molecule has 2 N–H and O–H groups in total. The summed E-state index contributed by atoms with van der Waals surface area (Å²) in [4.78, 5) is 27.8. The Bertz CT molecular complexity index is 733. The van der Waals surface area contributed by atoms with Gasteiger partial charge in [0.15, 0.2) is 0 Å². The van der Waals surface area contributed by atoms with Gasteiger partial charge in [0.25, 0.3) is 11.6 Å². The van der Waals surface area contributed by atoms with Gasteiger partial charge in [0, 0.05) is 5.69 Å². The molecule has 2 heterocycles. The molecule has 0 bridgehead atoms. The molecule has 2 aromatic heterocycles. The number of pyridine rings is 1. The maximum absolute atomic E-state index is 12.4. The molecule has 1 atom stereocenters. The van der Waals surface area contributed by atoms with E-state index in [1.807, 2.05) is 0 Å². The Morgan fingerprint density at radius 1 is 1.43 bits per heavy atom. The number of fused-ring (bicyclic) bond motifs is 1. The highest BCUT2D eigenvalue weighted by Crippen LogP contribution is 2.33. The fourth-order valence-electron chi connectivity index (χ4n) is 2.43. The first-order chi connectivity index (χ1) is 9.97. The Hall–Kier alpha value is -2.44. The van der Waals surface area contributed by atoms with Crippen LogP contribution in [-0.4, -0.2) is 33.2 Å². The first-order valence-corrected chi connectivity index (χ1v) is 6.74. The number of carboxylic acid groups (broad SMARTS) is 1. The second-order valence-electron chi connectivity index (χ2n) is 5.39. The second kappa shape index (κ2) is 4.83. The maximum Gasteiger partial charge on any atom is 0.326 e. The fraction of sp³-hybridized carbons (Fsp3) is 0.429. The average Bonchev–Trinajstić information content (AvgIpc) is 3.19. The molecular formula is C14H15N3O4. The molecule has 1 fully saturated rings. The quantitative estimate of drug-likeness (QED) is 0.882. The van der Waals surface area contributed by atoms with E-state index in [9.17, 15) is 14.7 Å². The molecule has 1 amide bonds. The fourth-order valence-corrected chi connectivity index (χ4v) is 2.43. The van der Waals surface area contributed by atoms with Crippen LogP contribution in [0.5, 0.6) is 0 Å². The van der Waals surface area contributed by atoms with Crippen LogP contribution in [0.2, 0.25) is 0 Å². The lowest BCUT2D eigenvalue weighted by Gasteiger charge is -2.14. The monoisotopic (exact) mass is 289 g/mol. The van der Waals surface area contributed by atoms with Gasteiger partial charge in [0.2, 0.25) is 0 Å². The lowest BCUT2D eigenvalue weighted by Crippen LogP contribution is -2.42. The molecule has 3 rings (SSSR count). The summed E-state index contributed by atoms with van der Waals surface area (Å²) >= 11 is 0. The van der Waals surface area contributed by atoms with Crippen LogP contribution >= 0.6 is 0 Å². The molecule has 7 nitrogen and oxygen atoms in total. The second-order valence-corrected chi connectivity index (χ2v) is 5.39. The van der Waals surface area contributed by atoms with Crippen molar-refractivity contribution in [2.45, 2.75) is 32.7 Å². The van der Waals surface area contributed by atoms with Crippen LogP contribution in [0.4, 0.5) is 0 Å². The number of nitrogens with zero attached hydrogens (tertiary/aromatic N) is 2. The topological polar surface area (TPSA) is 105 Å².